The smallest absolute Gasteiger partial charge is 0.394 e. The van der Waals surface area contributed by atoms with Gasteiger partial charge in [-0.1, -0.05) is 184 Å². The first-order valence-electron chi connectivity index (χ1n) is 46.0. The van der Waals surface area contributed by atoms with Crippen molar-refractivity contribution in [2.45, 2.75) is 387 Å². The van der Waals surface area contributed by atoms with Gasteiger partial charge in [-0.2, -0.15) is 8.42 Å². The Morgan fingerprint density at radius 1 is 0.259 bits per heavy atom. The number of hydrogen-bond donors (Lipinski definition) is 2. The molecule has 0 aromatic heterocycles. The molecule has 2 aliphatic rings. The minimum absolute atomic E-state index is 0. The summed E-state index contributed by atoms with van der Waals surface area (Å²) in [4.78, 5) is 56.5. The fraction of sp³-hybridized carbons (Fsp3) is 0.831. The van der Waals surface area contributed by atoms with Gasteiger partial charge < -0.3 is 96.8 Å². The van der Waals surface area contributed by atoms with Crippen molar-refractivity contribution in [2.75, 3.05) is 99.1 Å². The number of esters is 5. The van der Waals surface area contributed by atoms with E-state index in [1.54, 1.807) is 0 Å². The zero-order chi connectivity index (χ0) is 98.8. The molecule has 2 aliphatic heterocycles. The van der Waals surface area contributed by atoms with Crippen molar-refractivity contribution in [2.24, 2.45) is 0 Å². The van der Waals surface area contributed by atoms with E-state index in [0.29, 0.717) is 89.5 Å². The molecule has 0 aromatic rings. The van der Waals surface area contributed by atoms with Crippen LogP contribution in [0, 0.1) is 0 Å². The Hall–Kier alpha value is -1.72. The quantitative estimate of drug-likeness (QED) is 0.0143. The fourth-order valence-corrected chi connectivity index (χ4v) is 87.4. The summed E-state index contributed by atoms with van der Waals surface area (Å²) in [5.74, 6) is -2.44. The largest absolute Gasteiger partial charge is 0.460 e. The molecular weight excluding hydrogens is 1990 g/mol. The SMILES string of the molecule is C.C.C.C.C.C.C.C=CC(=O)OCCOCCC[Si](C)(O[Si](C)(C)C)O[Si](C)(CCCC)O[Si](C)(C)C.C=CC(=O)OCCOCCC[Si]1(C)O[Si](C)(CCCOCCOC(=O)C=C)O[Si](C)(CCCOCCOC(=O)C=C)O[Si](C)(CCCOCCOC(=O)C=C)O1.CCCC[Si]1(C)O[Si](C)(CCCC)O[Si](C)(CCCC)O[Si](C)(CCCC)O1.C[Si](C)(C)O[Si](C)(C)C.O=S(=O)(O)O. The van der Waals surface area contributed by atoms with Crippen molar-refractivity contribution in [1.29, 1.82) is 0 Å². The number of carbonyl (C=O) groups is 5. The van der Waals surface area contributed by atoms with Gasteiger partial charge in [0.25, 0.3) is 0 Å². The molecule has 0 saturated carbocycles. The fourth-order valence-electron chi connectivity index (χ4n) is 14.3. The van der Waals surface area contributed by atoms with Gasteiger partial charge in [0.2, 0.25) is 0 Å². The van der Waals surface area contributed by atoms with Gasteiger partial charge in [0, 0.05) is 63.4 Å². The topological polar surface area (TPSA) is 363 Å². The maximum atomic E-state index is 11.4. The van der Waals surface area contributed by atoms with E-state index >= 15 is 0 Å². The van der Waals surface area contributed by atoms with Crippen LogP contribution in [-0.4, -0.2) is 265 Å². The average Bonchev–Trinajstić information content (AvgIpc) is 0.784. The predicted molar refractivity (Wildman–Crippen MR) is 589 cm³/mol. The summed E-state index contributed by atoms with van der Waals surface area (Å²) in [7, 11) is -36.5. The summed E-state index contributed by atoms with van der Waals surface area (Å²) in [5.41, 5.74) is 0. The highest BCUT2D eigenvalue weighted by molar-refractivity contribution is 7.79. The van der Waals surface area contributed by atoms with Crippen LogP contribution in [0.1, 0.15) is 183 Å². The normalized spacial score (nSPS) is 22.4. The van der Waals surface area contributed by atoms with Gasteiger partial charge in [0.1, 0.15) is 33.0 Å². The maximum absolute atomic E-state index is 11.4. The Kier molecular flexibility index (Phi) is 89.4. The van der Waals surface area contributed by atoms with E-state index in [0.717, 1.165) is 85.9 Å². The molecule has 46 heteroatoms. The molecule has 0 aliphatic carbocycles. The summed E-state index contributed by atoms with van der Waals surface area (Å²) in [6.45, 7) is 81.1. The van der Waals surface area contributed by atoms with Crippen molar-refractivity contribution in [3.05, 3.63) is 63.3 Å². The molecule has 0 amide bonds. The van der Waals surface area contributed by atoms with Crippen LogP contribution < -0.4 is 0 Å². The molecule has 2 fully saturated rings. The van der Waals surface area contributed by atoms with E-state index in [2.05, 4.69) is 185 Å². The van der Waals surface area contributed by atoms with Crippen LogP contribution in [0.2, 0.25) is 204 Å². The minimum Gasteiger partial charge on any atom is -0.460 e. The van der Waals surface area contributed by atoms with E-state index in [-0.39, 0.29) is 111 Å². The van der Waals surface area contributed by atoms with Gasteiger partial charge in [-0.05, 0) is 237 Å². The van der Waals surface area contributed by atoms with Crippen LogP contribution in [0.3, 0.4) is 0 Å². The molecule has 0 aromatic carbocycles. The van der Waals surface area contributed by atoms with E-state index in [1.165, 1.54) is 51.4 Å². The van der Waals surface area contributed by atoms with Crippen molar-refractivity contribution in [3.8, 4) is 0 Å². The van der Waals surface area contributed by atoms with Gasteiger partial charge in [0.05, 0.1) is 33.0 Å². The lowest BCUT2D eigenvalue weighted by Gasteiger charge is -2.50. The average molecular weight is 2200 g/mol. The van der Waals surface area contributed by atoms with Crippen LogP contribution in [0.25, 0.3) is 0 Å². The van der Waals surface area contributed by atoms with E-state index in [4.69, 9.17) is 114 Å². The lowest BCUT2D eigenvalue weighted by Crippen LogP contribution is -2.67. The molecule has 2 N–H and O–H groups in total. The van der Waals surface area contributed by atoms with E-state index in [1.807, 2.05) is 26.2 Å². The van der Waals surface area contributed by atoms with Crippen molar-refractivity contribution >= 4 is 159 Å². The number of carbonyl (C=O) groups excluding carboxylic acids is 5. The first kappa shape index (κ1) is 153. The summed E-state index contributed by atoms with van der Waals surface area (Å²) >= 11 is 0. The van der Waals surface area contributed by atoms with Crippen molar-refractivity contribution in [1.82, 2.24) is 0 Å². The molecule has 0 radical (unpaired) electrons. The molecular formula is C89H206O31SSi14. The molecule has 31 nitrogen and oxygen atoms in total. The monoisotopic (exact) mass is 2200 g/mol. The standard InChI is InChI=1S/C36H64O16Si4.C20H46O6Si4.C20H48O4Si4.C6H18OSi2.7CH4.H2O4S/c1-9-33(37)45-25-21-41-17-13-29-53(5)49-54(6,30-14-18-42-22-26-46-34(38)10-2)51-56(8,32-16-20-44-24-28-48-36(40)12-4)52-55(7,50-53)31-15-19-43-23-27-47-35(39)11-3;1-11-13-18-29(9,24-27(3,4)5)26-30(10,25-28(6,7)8)19-14-15-22-16-17-23-20(21)12-2;1-9-13-17-25(5)21-26(6,18-14-10-2)23-28(8,20-16-12-4)24-27(7,22-25)19-15-11-3;1-8(2,3)7-9(4,5)6;;;;;;;;1-5(2,3)4/h9-12H,1-4,13-32H2,5-8H3;12H,2,11,13-19H2,1,3-10H3;9-20H2,1-8H3;1-6H3;7*1H4;(H2,1,2,3,4). The minimum atomic E-state index is -4.67. The summed E-state index contributed by atoms with van der Waals surface area (Å²) in [5, 5.41) is 0. The molecule has 2 rings (SSSR count). The van der Waals surface area contributed by atoms with Gasteiger partial charge in [0.15, 0.2) is 33.3 Å². The van der Waals surface area contributed by atoms with Crippen LogP contribution >= 0.6 is 0 Å². The van der Waals surface area contributed by atoms with Crippen molar-refractivity contribution in [3.63, 3.8) is 0 Å². The molecule has 2 heterocycles. The summed E-state index contributed by atoms with van der Waals surface area (Å²) in [6.07, 6.45) is 20.7. The third-order valence-electron chi connectivity index (χ3n) is 18.3. The zero-order valence-corrected chi connectivity index (χ0v) is 99.2. The Balaban J connectivity index is -0.000000210. The Morgan fingerprint density at radius 3 is 0.563 bits per heavy atom. The van der Waals surface area contributed by atoms with Crippen LogP contribution in [0.15, 0.2) is 63.3 Å². The zero-order valence-electron chi connectivity index (χ0n) is 84.3. The second kappa shape index (κ2) is 78.6. The van der Waals surface area contributed by atoms with E-state index < -0.39 is 159 Å². The molecule has 2 saturated heterocycles. The van der Waals surface area contributed by atoms with Gasteiger partial charge >= 0.3 is 126 Å². The van der Waals surface area contributed by atoms with Crippen molar-refractivity contribution < 1.29 is 138 Å². The Labute approximate surface area is 841 Å². The highest BCUT2D eigenvalue weighted by Crippen LogP contribution is 2.42. The van der Waals surface area contributed by atoms with Gasteiger partial charge in [-0.3, -0.25) is 9.11 Å². The summed E-state index contributed by atoms with van der Waals surface area (Å²) in [6, 6.07) is 8.56. The molecule has 810 valence electrons. The van der Waals surface area contributed by atoms with Crippen LogP contribution in [-0.2, 0) is 131 Å². The highest BCUT2D eigenvalue weighted by Gasteiger charge is 2.58. The van der Waals surface area contributed by atoms with Crippen LogP contribution in [0.5, 0.6) is 0 Å². The van der Waals surface area contributed by atoms with Crippen LogP contribution in [0.4, 0.5) is 0 Å². The first-order valence-corrected chi connectivity index (χ1v) is 86.3. The van der Waals surface area contributed by atoms with Gasteiger partial charge in [-0.25, -0.2) is 24.0 Å². The lowest BCUT2D eigenvalue weighted by molar-refractivity contribution is -0.140. The van der Waals surface area contributed by atoms with E-state index in [9.17, 15) is 24.0 Å². The number of rotatable bonds is 63. The molecule has 0 spiro atoms. The second-order valence-electron chi connectivity index (χ2n) is 37.4. The predicted octanol–water partition coefficient (Wildman–Crippen LogP) is 24.7. The Bertz CT molecular complexity index is 2930. The van der Waals surface area contributed by atoms with Gasteiger partial charge in [-0.15, -0.1) is 0 Å². The number of unbranched alkanes of at least 4 members (excludes halogenated alkanes) is 5. The number of hydrogen-bond acceptors (Lipinski definition) is 29. The molecule has 2 unspecified atom stereocenters. The summed E-state index contributed by atoms with van der Waals surface area (Å²) < 4.78 is 168. The molecule has 0 bridgehead atoms. The Morgan fingerprint density at radius 2 is 0.415 bits per heavy atom. The third kappa shape index (κ3) is 87.4. The highest BCUT2D eigenvalue weighted by atomic mass is 32.3. The molecule has 135 heavy (non-hydrogen) atoms. The third-order valence-corrected chi connectivity index (χ3v) is 75.2. The molecule has 2 atom stereocenters. The second-order valence-corrected chi connectivity index (χ2v) is 92.7. The first-order chi connectivity index (χ1) is 59.1. The number of ether oxygens (including phenoxy) is 10. The maximum Gasteiger partial charge on any atom is 0.394 e. The lowest BCUT2D eigenvalue weighted by atomic mass is 10.4.